The minimum atomic E-state index is -0.554. The van der Waals surface area contributed by atoms with E-state index in [9.17, 15) is 9.59 Å². The first-order valence-corrected chi connectivity index (χ1v) is 6.86. The number of methoxy groups -OCH3 is 1. The number of halogens is 1. The molecule has 0 unspecified atom stereocenters. The fourth-order valence-electron chi connectivity index (χ4n) is 1.42. The van der Waals surface area contributed by atoms with Crippen molar-refractivity contribution in [3.8, 4) is 0 Å². The molecule has 5 nitrogen and oxygen atoms in total. The van der Waals surface area contributed by atoms with Crippen LogP contribution in [0.25, 0.3) is 0 Å². The first kappa shape index (κ1) is 16.5. The van der Waals surface area contributed by atoms with Gasteiger partial charge in [-0.25, -0.2) is 4.79 Å². The van der Waals surface area contributed by atoms with E-state index in [1.165, 1.54) is 7.11 Å². The van der Waals surface area contributed by atoms with Crippen molar-refractivity contribution in [2.45, 2.75) is 32.8 Å². The van der Waals surface area contributed by atoms with Gasteiger partial charge in [-0.1, -0.05) is 6.07 Å². The van der Waals surface area contributed by atoms with Gasteiger partial charge >= 0.3 is 12.1 Å². The van der Waals surface area contributed by atoms with E-state index in [0.29, 0.717) is 10.2 Å². The average Bonchev–Trinajstić information content (AvgIpc) is 2.30. The van der Waals surface area contributed by atoms with E-state index in [4.69, 9.17) is 4.74 Å². The molecule has 0 fully saturated rings. The lowest BCUT2D eigenvalue weighted by Gasteiger charge is -2.20. The molecular weight excluding hydrogens is 326 g/mol. The molecule has 0 bridgehead atoms. The number of anilines is 1. The van der Waals surface area contributed by atoms with Gasteiger partial charge in [0.15, 0.2) is 0 Å². The molecule has 1 rings (SSSR count). The average molecular weight is 344 g/mol. The highest BCUT2D eigenvalue weighted by Gasteiger charge is 2.17. The molecule has 0 radical (unpaired) electrons. The summed E-state index contributed by atoms with van der Waals surface area (Å²) in [7, 11) is 1.34. The van der Waals surface area contributed by atoms with Crippen LogP contribution in [0.1, 0.15) is 26.3 Å². The summed E-state index contributed by atoms with van der Waals surface area (Å²) in [5.41, 5.74) is 0.813. The highest BCUT2D eigenvalue weighted by Crippen LogP contribution is 2.24. The quantitative estimate of drug-likeness (QED) is 0.853. The second-order valence-corrected chi connectivity index (χ2v) is 6.05. The monoisotopic (exact) mass is 343 g/mol. The van der Waals surface area contributed by atoms with Crippen LogP contribution in [0, 0.1) is 0 Å². The third-order valence-electron chi connectivity index (χ3n) is 2.25. The Bertz CT molecular complexity index is 508. The van der Waals surface area contributed by atoms with Crippen molar-refractivity contribution in [1.29, 1.82) is 0 Å². The number of esters is 1. The zero-order valence-electron chi connectivity index (χ0n) is 12.0. The normalized spacial score (nSPS) is 10.8. The second-order valence-electron chi connectivity index (χ2n) is 5.19. The molecule has 0 heterocycles. The highest BCUT2D eigenvalue weighted by atomic mass is 79.9. The first-order chi connectivity index (χ1) is 9.21. The molecule has 0 aromatic heterocycles. The Kier molecular flexibility index (Phi) is 5.56. The Morgan fingerprint density at radius 3 is 2.45 bits per heavy atom. The summed E-state index contributed by atoms with van der Waals surface area (Å²) in [6, 6.07) is 5.20. The summed E-state index contributed by atoms with van der Waals surface area (Å²) in [4.78, 5) is 22.8. The van der Waals surface area contributed by atoms with Crippen LogP contribution >= 0.6 is 15.9 Å². The Labute approximate surface area is 126 Å². The van der Waals surface area contributed by atoms with E-state index >= 15 is 0 Å². The molecular formula is C14H18BrNO4. The molecule has 1 aromatic carbocycles. The predicted molar refractivity (Wildman–Crippen MR) is 79.7 cm³/mol. The molecule has 20 heavy (non-hydrogen) atoms. The molecule has 0 aliphatic rings. The van der Waals surface area contributed by atoms with Gasteiger partial charge in [-0.05, 0) is 54.4 Å². The van der Waals surface area contributed by atoms with Crippen LogP contribution in [0.4, 0.5) is 10.5 Å². The summed E-state index contributed by atoms with van der Waals surface area (Å²) in [6.07, 6.45) is -0.346. The number of amides is 1. The van der Waals surface area contributed by atoms with Gasteiger partial charge < -0.3 is 9.47 Å². The molecule has 1 aromatic rings. The van der Waals surface area contributed by atoms with Crippen LogP contribution < -0.4 is 5.32 Å². The van der Waals surface area contributed by atoms with Crippen LogP contribution in [0.15, 0.2) is 22.7 Å². The Morgan fingerprint density at radius 2 is 1.95 bits per heavy atom. The van der Waals surface area contributed by atoms with Gasteiger partial charge in [-0.3, -0.25) is 10.1 Å². The van der Waals surface area contributed by atoms with E-state index in [1.54, 1.807) is 39.0 Å². The van der Waals surface area contributed by atoms with Gasteiger partial charge in [-0.15, -0.1) is 0 Å². The van der Waals surface area contributed by atoms with Crippen LogP contribution in [0.2, 0.25) is 0 Å². The number of hydrogen-bond acceptors (Lipinski definition) is 4. The van der Waals surface area contributed by atoms with E-state index < -0.39 is 11.7 Å². The van der Waals surface area contributed by atoms with Crippen molar-refractivity contribution in [2.24, 2.45) is 0 Å². The number of rotatable bonds is 3. The molecule has 0 saturated heterocycles. The van der Waals surface area contributed by atoms with Gasteiger partial charge in [-0.2, -0.15) is 0 Å². The first-order valence-electron chi connectivity index (χ1n) is 6.06. The summed E-state index contributed by atoms with van der Waals surface area (Å²) >= 11 is 3.34. The largest absolute Gasteiger partial charge is 0.469 e. The maximum absolute atomic E-state index is 11.7. The van der Waals surface area contributed by atoms with Crippen LogP contribution in [0.3, 0.4) is 0 Å². The summed E-state index contributed by atoms with van der Waals surface area (Å²) in [5.74, 6) is -0.315. The fourth-order valence-corrected chi connectivity index (χ4v) is 1.95. The lowest BCUT2D eigenvalue weighted by Crippen LogP contribution is -2.27. The van der Waals surface area contributed by atoms with Crippen molar-refractivity contribution in [1.82, 2.24) is 0 Å². The number of carbonyl (C=O) groups excluding carboxylic acids is 2. The van der Waals surface area contributed by atoms with Gasteiger partial charge in [0.2, 0.25) is 0 Å². The van der Waals surface area contributed by atoms with Gasteiger partial charge in [0.25, 0.3) is 0 Å². The van der Waals surface area contributed by atoms with Gasteiger partial charge in [0, 0.05) is 4.47 Å². The predicted octanol–water partition coefficient (Wildman–Crippen LogP) is 3.51. The maximum Gasteiger partial charge on any atom is 0.412 e. The summed E-state index contributed by atoms with van der Waals surface area (Å²) in [5, 5.41) is 2.64. The number of nitrogens with one attached hydrogen (secondary N) is 1. The molecule has 0 aliphatic carbocycles. The molecule has 0 saturated carbocycles. The highest BCUT2D eigenvalue weighted by molar-refractivity contribution is 9.10. The number of hydrogen-bond donors (Lipinski definition) is 1. The van der Waals surface area contributed by atoms with Crippen LogP contribution in [-0.4, -0.2) is 24.8 Å². The molecule has 0 spiro atoms. The lowest BCUT2D eigenvalue weighted by atomic mass is 10.1. The van der Waals surface area contributed by atoms with E-state index in [0.717, 1.165) is 5.56 Å². The molecule has 6 heteroatoms. The van der Waals surface area contributed by atoms with E-state index in [-0.39, 0.29) is 12.4 Å². The van der Waals surface area contributed by atoms with Gasteiger partial charge in [0.1, 0.15) is 5.60 Å². The Balaban J connectivity index is 2.73. The van der Waals surface area contributed by atoms with Crippen molar-refractivity contribution >= 4 is 33.7 Å². The van der Waals surface area contributed by atoms with Crippen molar-refractivity contribution in [2.75, 3.05) is 12.4 Å². The van der Waals surface area contributed by atoms with Gasteiger partial charge in [0.05, 0.1) is 19.2 Å². The summed E-state index contributed by atoms with van der Waals surface area (Å²) in [6.45, 7) is 5.38. The molecule has 0 aliphatic heterocycles. The lowest BCUT2D eigenvalue weighted by molar-refractivity contribution is -0.139. The standard InChI is InChI=1S/C14H18BrNO4/c1-14(2,3)20-13(18)16-11-6-5-9(7-10(11)15)8-12(17)19-4/h5-7H,8H2,1-4H3,(H,16,18). The minimum absolute atomic E-state index is 0.182. The third-order valence-corrected chi connectivity index (χ3v) is 2.90. The van der Waals surface area contributed by atoms with Crippen LogP contribution in [0.5, 0.6) is 0 Å². The zero-order chi connectivity index (χ0) is 15.3. The molecule has 1 N–H and O–H groups in total. The Hall–Kier alpha value is -1.56. The SMILES string of the molecule is COC(=O)Cc1ccc(NC(=O)OC(C)(C)C)c(Br)c1. The van der Waals surface area contributed by atoms with Crippen molar-refractivity contribution in [3.05, 3.63) is 28.2 Å². The Morgan fingerprint density at radius 1 is 1.30 bits per heavy atom. The molecule has 1 amide bonds. The third kappa shape index (κ3) is 5.61. The van der Waals surface area contributed by atoms with E-state index in [1.807, 2.05) is 0 Å². The number of benzene rings is 1. The molecule has 0 atom stereocenters. The topological polar surface area (TPSA) is 64.6 Å². The molecule has 110 valence electrons. The van der Waals surface area contributed by atoms with Crippen molar-refractivity contribution < 1.29 is 19.1 Å². The number of carbonyl (C=O) groups is 2. The minimum Gasteiger partial charge on any atom is -0.469 e. The maximum atomic E-state index is 11.7. The smallest absolute Gasteiger partial charge is 0.412 e. The second kappa shape index (κ2) is 6.74. The fraction of sp³-hybridized carbons (Fsp3) is 0.429. The zero-order valence-corrected chi connectivity index (χ0v) is 13.5. The van der Waals surface area contributed by atoms with Crippen LogP contribution in [-0.2, 0) is 20.7 Å². The summed E-state index contributed by atoms with van der Waals surface area (Å²) < 4.78 is 10.4. The van der Waals surface area contributed by atoms with E-state index in [2.05, 4.69) is 26.0 Å². The van der Waals surface area contributed by atoms with Crippen molar-refractivity contribution in [3.63, 3.8) is 0 Å². The number of ether oxygens (including phenoxy) is 2.